The molecule has 0 saturated heterocycles. The predicted octanol–water partition coefficient (Wildman–Crippen LogP) is 2.77. The third-order valence-electron chi connectivity index (χ3n) is 2.82. The second-order valence-corrected chi connectivity index (χ2v) is 4.71. The molecular weight excluding hydrogens is 242 g/mol. The fourth-order valence-electron chi connectivity index (χ4n) is 1.88. The van der Waals surface area contributed by atoms with Crippen molar-refractivity contribution in [2.24, 2.45) is 5.73 Å². The van der Waals surface area contributed by atoms with E-state index in [2.05, 4.69) is 6.92 Å². The third-order valence-corrected chi connectivity index (χ3v) is 2.82. The molecule has 0 aliphatic carbocycles. The van der Waals surface area contributed by atoms with E-state index >= 15 is 0 Å². The first-order valence-electron chi connectivity index (χ1n) is 6.75. The Hall–Kier alpha value is -1.42. The molecule has 2 N–H and O–H groups in total. The number of unbranched alkanes of at least 4 members (excludes halogenated alkanes) is 1. The average Bonchev–Trinajstić information content (AvgIpc) is 2.38. The van der Waals surface area contributed by atoms with Gasteiger partial charge in [-0.2, -0.15) is 0 Å². The summed E-state index contributed by atoms with van der Waals surface area (Å²) in [7, 11) is 3.27. The van der Waals surface area contributed by atoms with E-state index in [1.54, 1.807) is 14.2 Å². The second-order valence-electron chi connectivity index (χ2n) is 4.71. The van der Waals surface area contributed by atoms with E-state index in [9.17, 15) is 0 Å². The van der Waals surface area contributed by atoms with Gasteiger partial charge in [-0.05, 0) is 37.5 Å². The van der Waals surface area contributed by atoms with Crippen LogP contribution in [0.5, 0.6) is 17.2 Å². The normalized spacial score (nSPS) is 12.1. The molecule has 4 heteroatoms. The van der Waals surface area contributed by atoms with Gasteiger partial charge in [0.2, 0.25) is 5.75 Å². The van der Waals surface area contributed by atoms with Crippen molar-refractivity contribution < 1.29 is 14.2 Å². The van der Waals surface area contributed by atoms with E-state index in [4.69, 9.17) is 19.9 Å². The highest BCUT2D eigenvalue weighted by Crippen LogP contribution is 2.38. The molecule has 0 aromatic heterocycles. The number of hydrogen-bond acceptors (Lipinski definition) is 4. The van der Waals surface area contributed by atoms with Crippen molar-refractivity contribution in [1.82, 2.24) is 0 Å². The van der Waals surface area contributed by atoms with Crippen molar-refractivity contribution in [2.75, 3.05) is 20.8 Å². The molecule has 0 radical (unpaired) electrons. The minimum Gasteiger partial charge on any atom is -0.493 e. The Bertz CT molecular complexity index is 366. The van der Waals surface area contributed by atoms with E-state index in [1.165, 1.54) is 0 Å². The molecule has 1 unspecified atom stereocenters. The largest absolute Gasteiger partial charge is 0.493 e. The van der Waals surface area contributed by atoms with E-state index in [1.807, 2.05) is 19.1 Å². The van der Waals surface area contributed by atoms with Crippen LogP contribution in [0.2, 0.25) is 0 Å². The van der Waals surface area contributed by atoms with E-state index in [0.717, 1.165) is 24.8 Å². The first kappa shape index (κ1) is 15.6. The molecule has 108 valence electrons. The molecule has 4 nitrogen and oxygen atoms in total. The van der Waals surface area contributed by atoms with Gasteiger partial charge in [0.1, 0.15) is 0 Å². The molecule has 1 atom stereocenters. The van der Waals surface area contributed by atoms with Gasteiger partial charge in [-0.15, -0.1) is 0 Å². The van der Waals surface area contributed by atoms with Gasteiger partial charge in [0, 0.05) is 6.04 Å². The zero-order valence-corrected chi connectivity index (χ0v) is 12.4. The van der Waals surface area contributed by atoms with Crippen LogP contribution in [0.25, 0.3) is 0 Å². The van der Waals surface area contributed by atoms with E-state index in [0.29, 0.717) is 23.9 Å². The first-order chi connectivity index (χ1) is 9.12. The van der Waals surface area contributed by atoms with Crippen LogP contribution in [0.4, 0.5) is 0 Å². The average molecular weight is 267 g/mol. The van der Waals surface area contributed by atoms with Gasteiger partial charge in [-0.3, -0.25) is 0 Å². The van der Waals surface area contributed by atoms with Gasteiger partial charge in [-0.1, -0.05) is 13.3 Å². The molecule has 1 aromatic rings. The fourth-order valence-corrected chi connectivity index (χ4v) is 1.88. The summed E-state index contributed by atoms with van der Waals surface area (Å²) in [6.45, 7) is 4.77. The number of hydrogen-bond donors (Lipinski definition) is 1. The third kappa shape index (κ3) is 4.63. The number of rotatable bonds is 8. The SMILES string of the molecule is CCCCOc1c(OC)cc(CC(C)N)cc1OC. The molecule has 1 rings (SSSR count). The lowest BCUT2D eigenvalue weighted by molar-refractivity contribution is 0.269. The Morgan fingerprint density at radius 3 is 2.16 bits per heavy atom. The molecule has 0 heterocycles. The molecular formula is C15H25NO3. The van der Waals surface area contributed by atoms with Gasteiger partial charge in [0.05, 0.1) is 20.8 Å². The molecule has 0 aliphatic heterocycles. The standard InChI is InChI=1S/C15H25NO3/c1-5-6-7-19-15-13(17-3)9-12(8-11(2)16)10-14(15)18-4/h9-11H,5-8,16H2,1-4H3. The summed E-state index contributed by atoms with van der Waals surface area (Å²) >= 11 is 0. The number of ether oxygens (including phenoxy) is 3. The Morgan fingerprint density at radius 2 is 1.74 bits per heavy atom. The maximum absolute atomic E-state index is 5.83. The molecule has 0 bridgehead atoms. The lowest BCUT2D eigenvalue weighted by Crippen LogP contribution is -2.17. The van der Waals surface area contributed by atoms with Gasteiger partial charge in [0.25, 0.3) is 0 Å². The van der Waals surface area contributed by atoms with Gasteiger partial charge < -0.3 is 19.9 Å². The van der Waals surface area contributed by atoms with Crippen LogP contribution in [0, 0.1) is 0 Å². The smallest absolute Gasteiger partial charge is 0.203 e. The number of benzene rings is 1. The summed E-state index contributed by atoms with van der Waals surface area (Å²) in [6.07, 6.45) is 2.88. The van der Waals surface area contributed by atoms with Gasteiger partial charge >= 0.3 is 0 Å². The maximum Gasteiger partial charge on any atom is 0.203 e. The van der Waals surface area contributed by atoms with Crippen LogP contribution in [0.3, 0.4) is 0 Å². The second kappa shape index (κ2) is 7.89. The molecule has 0 aliphatic rings. The van der Waals surface area contributed by atoms with Crippen LogP contribution in [0.15, 0.2) is 12.1 Å². The highest BCUT2D eigenvalue weighted by molar-refractivity contribution is 5.54. The lowest BCUT2D eigenvalue weighted by Gasteiger charge is -2.16. The summed E-state index contributed by atoms with van der Waals surface area (Å²) < 4.78 is 16.6. The van der Waals surface area contributed by atoms with Gasteiger partial charge in [0.15, 0.2) is 11.5 Å². The van der Waals surface area contributed by atoms with Crippen molar-refractivity contribution >= 4 is 0 Å². The molecule has 0 spiro atoms. The molecule has 0 saturated carbocycles. The van der Waals surface area contributed by atoms with Crippen molar-refractivity contribution in [3.8, 4) is 17.2 Å². The van der Waals surface area contributed by atoms with Crippen molar-refractivity contribution in [3.05, 3.63) is 17.7 Å². The van der Waals surface area contributed by atoms with Crippen LogP contribution in [0.1, 0.15) is 32.3 Å². The van der Waals surface area contributed by atoms with E-state index < -0.39 is 0 Å². The van der Waals surface area contributed by atoms with Gasteiger partial charge in [-0.25, -0.2) is 0 Å². The molecule has 0 fully saturated rings. The molecule has 19 heavy (non-hydrogen) atoms. The van der Waals surface area contributed by atoms with Crippen molar-refractivity contribution in [2.45, 2.75) is 39.2 Å². The number of nitrogens with two attached hydrogens (primary N) is 1. The summed E-state index contributed by atoms with van der Waals surface area (Å²) in [5.41, 5.74) is 6.92. The fraction of sp³-hybridized carbons (Fsp3) is 0.600. The molecule has 1 aromatic carbocycles. The maximum atomic E-state index is 5.83. The highest BCUT2D eigenvalue weighted by Gasteiger charge is 2.14. The Balaban J connectivity index is 2.99. The lowest BCUT2D eigenvalue weighted by atomic mass is 10.1. The summed E-state index contributed by atoms with van der Waals surface area (Å²) in [5, 5.41) is 0. The van der Waals surface area contributed by atoms with Crippen LogP contribution in [-0.2, 0) is 6.42 Å². The van der Waals surface area contributed by atoms with Crippen molar-refractivity contribution in [3.63, 3.8) is 0 Å². The summed E-state index contributed by atoms with van der Waals surface area (Å²) in [4.78, 5) is 0. The number of methoxy groups -OCH3 is 2. The Kier molecular flexibility index (Phi) is 6.50. The van der Waals surface area contributed by atoms with Crippen molar-refractivity contribution in [1.29, 1.82) is 0 Å². The van der Waals surface area contributed by atoms with Crippen LogP contribution < -0.4 is 19.9 Å². The molecule has 0 amide bonds. The predicted molar refractivity (Wildman–Crippen MR) is 77.3 cm³/mol. The Labute approximate surface area is 115 Å². The summed E-state index contributed by atoms with van der Waals surface area (Å²) in [5.74, 6) is 2.07. The minimum atomic E-state index is 0.0984. The van der Waals surface area contributed by atoms with Crippen LogP contribution in [-0.4, -0.2) is 26.9 Å². The monoisotopic (exact) mass is 267 g/mol. The Morgan fingerprint density at radius 1 is 1.16 bits per heavy atom. The quantitative estimate of drug-likeness (QED) is 0.736. The minimum absolute atomic E-state index is 0.0984. The van der Waals surface area contributed by atoms with E-state index in [-0.39, 0.29) is 6.04 Å². The summed E-state index contributed by atoms with van der Waals surface area (Å²) in [6, 6.07) is 4.03. The highest BCUT2D eigenvalue weighted by atomic mass is 16.5. The first-order valence-corrected chi connectivity index (χ1v) is 6.75. The zero-order chi connectivity index (χ0) is 14.3. The van der Waals surface area contributed by atoms with Crippen LogP contribution >= 0.6 is 0 Å². The topological polar surface area (TPSA) is 53.7 Å². The zero-order valence-electron chi connectivity index (χ0n) is 12.4.